The largest absolute Gasteiger partial charge is 0.481 e. The quantitative estimate of drug-likeness (QED) is 0.0959. The number of amides is 1. The number of rotatable bonds is 25. The zero-order chi connectivity index (χ0) is 29.9. The Labute approximate surface area is 235 Å². The van der Waals surface area contributed by atoms with E-state index in [9.17, 15) is 19.2 Å². The number of carboxylic acid groups (broad SMARTS) is 3. The molecule has 0 aromatic rings. The standard InChI is InChI=1S/C23H48N2O.C6H8O7/c1-4-5-6-7-8-9-10-11-12-13-14-15-16-17-18-20-23(26)24-21-19-22-25(2)3;7-3(8)1-6(13,5(11)12)2-4(9)10/h4-22H2,1-3H3,(H,24,26);13H,1-2H2,(H,7,8)(H,9,10)(H,11,12). The highest BCUT2D eigenvalue weighted by Gasteiger charge is 2.40. The summed E-state index contributed by atoms with van der Waals surface area (Å²) in [7, 11) is 4.13. The highest BCUT2D eigenvalue weighted by atomic mass is 16.4. The van der Waals surface area contributed by atoms with Gasteiger partial charge < -0.3 is 30.6 Å². The summed E-state index contributed by atoms with van der Waals surface area (Å²) in [4.78, 5) is 44.3. The molecule has 0 rings (SSSR count). The first-order chi connectivity index (χ1) is 18.4. The van der Waals surface area contributed by atoms with Crippen LogP contribution >= 0.6 is 0 Å². The van der Waals surface area contributed by atoms with Crippen molar-refractivity contribution in [3.05, 3.63) is 0 Å². The number of hydrogen-bond donors (Lipinski definition) is 5. The van der Waals surface area contributed by atoms with Crippen LogP contribution in [0.1, 0.15) is 129 Å². The maximum atomic E-state index is 11.7. The summed E-state index contributed by atoms with van der Waals surface area (Å²) in [5.74, 6) is -4.78. The number of unbranched alkanes of at least 4 members (excludes halogenated alkanes) is 14. The molecule has 0 saturated carbocycles. The van der Waals surface area contributed by atoms with Gasteiger partial charge in [-0.25, -0.2) is 4.79 Å². The Kier molecular flexibility index (Phi) is 26.0. The van der Waals surface area contributed by atoms with E-state index in [1.165, 1.54) is 89.9 Å². The minimum absolute atomic E-state index is 0.235. The summed E-state index contributed by atoms with van der Waals surface area (Å²) < 4.78 is 0. The lowest BCUT2D eigenvalue weighted by Crippen LogP contribution is -2.42. The van der Waals surface area contributed by atoms with Gasteiger partial charge in [0, 0.05) is 13.0 Å². The predicted octanol–water partition coefficient (Wildman–Crippen LogP) is 5.07. The van der Waals surface area contributed by atoms with Crippen molar-refractivity contribution in [1.29, 1.82) is 0 Å². The molecule has 1 amide bonds. The molecule has 0 fully saturated rings. The zero-order valence-electron chi connectivity index (χ0n) is 24.7. The van der Waals surface area contributed by atoms with Crippen LogP contribution in [0.3, 0.4) is 0 Å². The van der Waals surface area contributed by atoms with Crippen LogP contribution in [0.5, 0.6) is 0 Å². The van der Waals surface area contributed by atoms with E-state index in [0.717, 1.165) is 25.9 Å². The van der Waals surface area contributed by atoms with E-state index in [0.29, 0.717) is 6.42 Å². The van der Waals surface area contributed by atoms with Gasteiger partial charge in [0.25, 0.3) is 0 Å². The van der Waals surface area contributed by atoms with Crippen LogP contribution in [0.2, 0.25) is 0 Å². The van der Waals surface area contributed by atoms with Gasteiger partial charge in [0.1, 0.15) is 0 Å². The van der Waals surface area contributed by atoms with E-state index >= 15 is 0 Å². The highest BCUT2D eigenvalue weighted by Crippen LogP contribution is 2.16. The molecule has 0 heterocycles. The number of hydrogen-bond acceptors (Lipinski definition) is 6. The average molecular weight is 561 g/mol. The van der Waals surface area contributed by atoms with E-state index < -0.39 is 36.4 Å². The molecule has 0 radical (unpaired) electrons. The topological polar surface area (TPSA) is 164 Å². The third kappa shape index (κ3) is 28.6. The third-order valence-electron chi connectivity index (χ3n) is 6.40. The van der Waals surface area contributed by atoms with E-state index in [1.807, 2.05) is 0 Å². The molecule has 0 saturated heterocycles. The summed E-state index contributed by atoms with van der Waals surface area (Å²) in [5.41, 5.74) is -2.74. The van der Waals surface area contributed by atoms with Gasteiger partial charge in [0.15, 0.2) is 5.60 Å². The molecular formula is C29H56N2O8. The number of carbonyl (C=O) groups excluding carboxylic acids is 1. The third-order valence-corrected chi connectivity index (χ3v) is 6.40. The fraction of sp³-hybridized carbons (Fsp3) is 0.862. The Hall–Kier alpha value is -2.20. The van der Waals surface area contributed by atoms with Crippen LogP contribution in [0.25, 0.3) is 0 Å². The Morgan fingerprint density at radius 2 is 1.03 bits per heavy atom. The summed E-state index contributed by atoms with van der Waals surface area (Å²) in [5, 5.41) is 36.8. The number of carbonyl (C=O) groups is 4. The average Bonchev–Trinajstić information content (AvgIpc) is 2.83. The van der Waals surface area contributed by atoms with Crippen LogP contribution in [0.4, 0.5) is 0 Å². The van der Waals surface area contributed by atoms with E-state index in [1.54, 1.807) is 0 Å². The lowest BCUT2D eigenvalue weighted by Gasteiger charge is -2.18. The Bertz CT molecular complexity index is 639. The second kappa shape index (κ2) is 26.0. The SMILES string of the molecule is CCCCCCCCCCCCCCCCCC(=O)NCCCN(C)C.O=C(O)CC(O)(CC(=O)O)C(=O)O. The second-order valence-corrected chi connectivity index (χ2v) is 10.7. The maximum absolute atomic E-state index is 11.7. The van der Waals surface area contributed by atoms with Crippen molar-refractivity contribution in [3.63, 3.8) is 0 Å². The van der Waals surface area contributed by atoms with Gasteiger partial charge in [-0.1, -0.05) is 96.8 Å². The molecule has 0 spiro atoms. The minimum Gasteiger partial charge on any atom is -0.481 e. The second-order valence-electron chi connectivity index (χ2n) is 10.7. The van der Waals surface area contributed by atoms with Crippen molar-refractivity contribution < 1.29 is 39.6 Å². The lowest BCUT2D eigenvalue weighted by molar-refractivity contribution is -0.170. The van der Waals surface area contributed by atoms with E-state index in [-0.39, 0.29) is 5.91 Å². The molecule has 5 N–H and O–H groups in total. The van der Waals surface area contributed by atoms with Crippen molar-refractivity contribution in [2.75, 3.05) is 27.2 Å². The van der Waals surface area contributed by atoms with Crippen LogP contribution < -0.4 is 5.32 Å². The number of nitrogens with zero attached hydrogens (tertiary/aromatic N) is 1. The molecule has 0 aliphatic rings. The zero-order valence-corrected chi connectivity index (χ0v) is 24.7. The van der Waals surface area contributed by atoms with Crippen molar-refractivity contribution >= 4 is 23.8 Å². The van der Waals surface area contributed by atoms with Gasteiger partial charge >= 0.3 is 17.9 Å². The van der Waals surface area contributed by atoms with Gasteiger partial charge in [-0.2, -0.15) is 0 Å². The molecule has 0 aliphatic carbocycles. The predicted molar refractivity (Wildman–Crippen MR) is 153 cm³/mol. The molecule has 0 aromatic carbocycles. The van der Waals surface area contributed by atoms with E-state index in [4.69, 9.17) is 20.4 Å². The van der Waals surface area contributed by atoms with Crippen LogP contribution in [-0.4, -0.2) is 81.9 Å². The number of aliphatic carboxylic acids is 3. The van der Waals surface area contributed by atoms with Gasteiger partial charge in [-0.3, -0.25) is 14.4 Å². The van der Waals surface area contributed by atoms with Crippen molar-refractivity contribution in [3.8, 4) is 0 Å². The molecule has 10 nitrogen and oxygen atoms in total. The van der Waals surface area contributed by atoms with E-state index in [2.05, 4.69) is 31.2 Å². The monoisotopic (exact) mass is 560 g/mol. The number of aliphatic hydroxyl groups is 1. The summed E-state index contributed by atoms with van der Waals surface area (Å²) in [6.45, 7) is 4.14. The van der Waals surface area contributed by atoms with Gasteiger partial charge in [-0.05, 0) is 33.5 Å². The van der Waals surface area contributed by atoms with Crippen molar-refractivity contribution in [2.45, 2.75) is 135 Å². The molecule has 39 heavy (non-hydrogen) atoms. The molecule has 230 valence electrons. The summed E-state index contributed by atoms with van der Waals surface area (Å²) in [6.07, 6.45) is 20.0. The van der Waals surface area contributed by atoms with Gasteiger partial charge in [-0.15, -0.1) is 0 Å². The first-order valence-corrected chi connectivity index (χ1v) is 14.8. The molecule has 0 aliphatic heterocycles. The highest BCUT2D eigenvalue weighted by molar-refractivity contribution is 5.88. The smallest absolute Gasteiger partial charge is 0.336 e. The number of nitrogens with one attached hydrogen (secondary N) is 1. The Morgan fingerprint density at radius 1 is 0.641 bits per heavy atom. The first kappa shape index (κ1) is 38.9. The lowest BCUT2D eigenvalue weighted by atomic mass is 9.96. The Morgan fingerprint density at radius 3 is 1.36 bits per heavy atom. The normalized spacial score (nSPS) is 11.1. The molecule has 0 atom stereocenters. The summed E-state index contributed by atoms with van der Waals surface area (Å²) >= 11 is 0. The molecule has 0 unspecified atom stereocenters. The van der Waals surface area contributed by atoms with Gasteiger partial charge in [0.05, 0.1) is 12.8 Å². The van der Waals surface area contributed by atoms with Crippen molar-refractivity contribution in [2.24, 2.45) is 0 Å². The minimum atomic E-state index is -2.74. The molecular weight excluding hydrogens is 504 g/mol. The van der Waals surface area contributed by atoms with Crippen molar-refractivity contribution in [1.82, 2.24) is 10.2 Å². The Balaban J connectivity index is 0. The molecule has 0 bridgehead atoms. The summed E-state index contributed by atoms with van der Waals surface area (Å²) in [6, 6.07) is 0. The van der Waals surface area contributed by atoms with Crippen LogP contribution in [0, 0.1) is 0 Å². The maximum Gasteiger partial charge on any atom is 0.336 e. The van der Waals surface area contributed by atoms with Gasteiger partial charge in [0.2, 0.25) is 5.91 Å². The first-order valence-electron chi connectivity index (χ1n) is 14.8. The molecule has 10 heteroatoms. The molecule has 0 aromatic heterocycles. The fourth-order valence-electron chi connectivity index (χ4n) is 4.08. The number of carboxylic acids is 3. The fourth-order valence-corrected chi connectivity index (χ4v) is 4.08. The van der Waals surface area contributed by atoms with Crippen LogP contribution in [0.15, 0.2) is 0 Å². The van der Waals surface area contributed by atoms with Crippen LogP contribution in [-0.2, 0) is 19.2 Å².